The molecular formula is C21H21F2N3O4S. The van der Waals surface area contributed by atoms with Gasteiger partial charge in [-0.05, 0) is 23.8 Å². The molecule has 1 saturated heterocycles. The number of carbonyl (C=O) groups excluding carboxylic acids is 2. The van der Waals surface area contributed by atoms with Crippen LogP contribution < -0.4 is 5.32 Å². The zero-order valence-corrected chi connectivity index (χ0v) is 17.3. The molecule has 0 radical (unpaired) electrons. The molecule has 10 heteroatoms. The van der Waals surface area contributed by atoms with Crippen molar-refractivity contribution >= 4 is 27.9 Å². The van der Waals surface area contributed by atoms with Gasteiger partial charge in [-0.3, -0.25) is 9.59 Å². The van der Waals surface area contributed by atoms with Gasteiger partial charge in [-0.2, -0.15) is 4.31 Å². The van der Waals surface area contributed by atoms with Crippen molar-refractivity contribution in [2.24, 2.45) is 0 Å². The maximum atomic E-state index is 13.6. The minimum absolute atomic E-state index is 0.119. The summed E-state index contributed by atoms with van der Waals surface area (Å²) < 4.78 is 52.8. The molecule has 1 heterocycles. The van der Waals surface area contributed by atoms with E-state index in [4.69, 9.17) is 0 Å². The maximum Gasteiger partial charge on any atom is 0.254 e. The Bertz CT molecular complexity index is 1080. The minimum Gasteiger partial charge on any atom is -0.343 e. The van der Waals surface area contributed by atoms with Gasteiger partial charge in [0.05, 0.1) is 12.1 Å². The zero-order chi connectivity index (χ0) is 22.4. The van der Waals surface area contributed by atoms with Crippen LogP contribution in [-0.2, 0) is 14.8 Å². The average Bonchev–Trinajstić information content (AvgIpc) is 2.77. The first-order valence-corrected chi connectivity index (χ1v) is 11.0. The van der Waals surface area contributed by atoms with E-state index in [1.807, 2.05) is 6.07 Å². The van der Waals surface area contributed by atoms with Gasteiger partial charge in [0.2, 0.25) is 15.9 Å². The molecule has 1 N–H and O–H groups in total. The van der Waals surface area contributed by atoms with Crippen LogP contribution in [0.1, 0.15) is 15.9 Å². The van der Waals surface area contributed by atoms with E-state index in [0.717, 1.165) is 23.1 Å². The molecule has 0 aromatic heterocycles. The van der Waals surface area contributed by atoms with Crippen LogP contribution in [0.4, 0.5) is 8.78 Å². The third kappa shape index (κ3) is 5.96. The number of nitrogens with zero attached hydrogens (tertiary/aromatic N) is 2. The van der Waals surface area contributed by atoms with Gasteiger partial charge in [0.1, 0.15) is 11.6 Å². The number of piperazine rings is 1. The maximum absolute atomic E-state index is 13.6. The van der Waals surface area contributed by atoms with Gasteiger partial charge in [0, 0.05) is 37.7 Å². The fourth-order valence-corrected chi connectivity index (χ4v) is 4.22. The largest absolute Gasteiger partial charge is 0.343 e. The van der Waals surface area contributed by atoms with Gasteiger partial charge in [0.15, 0.2) is 0 Å². The van der Waals surface area contributed by atoms with Gasteiger partial charge >= 0.3 is 0 Å². The molecule has 3 rings (SSSR count). The second-order valence-electron chi connectivity index (χ2n) is 6.85. The summed E-state index contributed by atoms with van der Waals surface area (Å²) in [5.74, 6) is -3.09. The topological polar surface area (TPSA) is 86.8 Å². The predicted octanol–water partition coefficient (Wildman–Crippen LogP) is 1.84. The van der Waals surface area contributed by atoms with E-state index >= 15 is 0 Å². The van der Waals surface area contributed by atoms with Crippen LogP contribution in [-0.4, -0.2) is 62.2 Å². The van der Waals surface area contributed by atoms with Crippen molar-refractivity contribution in [2.45, 2.75) is 0 Å². The molecule has 0 atom stereocenters. The van der Waals surface area contributed by atoms with E-state index < -0.39 is 33.5 Å². The van der Waals surface area contributed by atoms with E-state index in [-0.39, 0.29) is 38.3 Å². The molecular weight excluding hydrogens is 428 g/mol. The van der Waals surface area contributed by atoms with Crippen molar-refractivity contribution in [1.29, 1.82) is 0 Å². The molecule has 1 aliphatic rings. The molecule has 0 unspecified atom stereocenters. The van der Waals surface area contributed by atoms with E-state index in [1.165, 1.54) is 15.3 Å². The summed E-state index contributed by atoms with van der Waals surface area (Å²) in [6.07, 6.45) is 1.51. The van der Waals surface area contributed by atoms with Crippen molar-refractivity contribution in [3.63, 3.8) is 0 Å². The lowest BCUT2D eigenvalue weighted by Crippen LogP contribution is -2.52. The van der Waals surface area contributed by atoms with Crippen molar-refractivity contribution in [2.75, 3.05) is 32.7 Å². The fourth-order valence-electron chi connectivity index (χ4n) is 3.04. The highest BCUT2D eigenvalue weighted by Crippen LogP contribution is 2.12. The van der Waals surface area contributed by atoms with E-state index in [1.54, 1.807) is 24.3 Å². The van der Waals surface area contributed by atoms with Crippen molar-refractivity contribution in [3.8, 4) is 0 Å². The van der Waals surface area contributed by atoms with Crippen LogP contribution in [0.3, 0.4) is 0 Å². The molecule has 0 aliphatic carbocycles. The number of sulfonamides is 1. The number of hydrogen-bond acceptors (Lipinski definition) is 4. The molecule has 1 fully saturated rings. The minimum atomic E-state index is -3.63. The number of nitrogens with one attached hydrogen (secondary N) is 1. The monoisotopic (exact) mass is 449 g/mol. The number of amides is 2. The molecule has 0 saturated carbocycles. The van der Waals surface area contributed by atoms with Crippen molar-refractivity contribution < 1.29 is 26.8 Å². The normalized spacial score (nSPS) is 15.2. The third-order valence-electron chi connectivity index (χ3n) is 4.76. The molecule has 7 nitrogen and oxygen atoms in total. The molecule has 0 bridgehead atoms. The van der Waals surface area contributed by atoms with Gasteiger partial charge in [-0.25, -0.2) is 17.2 Å². The number of hydrogen-bond donors (Lipinski definition) is 1. The van der Waals surface area contributed by atoms with Gasteiger partial charge in [0.25, 0.3) is 5.91 Å². The number of benzene rings is 2. The number of rotatable bonds is 6. The summed E-state index contributed by atoms with van der Waals surface area (Å²) in [4.78, 5) is 25.7. The summed E-state index contributed by atoms with van der Waals surface area (Å²) in [5, 5.41) is 3.44. The van der Waals surface area contributed by atoms with Crippen LogP contribution in [0.15, 0.2) is 53.9 Å². The van der Waals surface area contributed by atoms with E-state index in [0.29, 0.717) is 6.07 Å². The molecule has 2 amide bonds. The fraction of sp³-hybridized carbons (Fsp3) is 0.238. The highest BCUT2D eigenvalue weighted by atomic mass is 32.2. The molecule has 0 spiro atoms. The molecule has 1 aliphatic heterocycles. The summed E-state index contributed by atoms with van der Waals surface area (Å²) in [6.45, 7) is 0.188. The summed E-state index contributed by atoms with van der Waals surface area (Å²) in [5.41, 5.74) is 0.392. The van der Waals surface area contributed by atoms with E-state index in [2.05, 4.69) is 5.32 Å². The van der Waals surface area contributed by atoms with Crippen LogP contribution in [0.5, 0.6) is 0 Å². The lowest BCUT2D eigenvalue weighted by molar-refractivity contribution is -0.131. The first-order chi connectivity index (χ1) is 14.8. The highest BCUT2D eigenvalue weighted by molar-refractivity contribution is 7.92. The standard InChI is InChI=1S/C21H21F2N3O4S/c22-17-6-7-18(19(23)14-17)21(28)24-15-20(27)25-9-11-26(12-10-25)31(29,30)13-8-16-4-2-1-3-5-16/h1-8,13-14H,9-12,15H2,(H,24,28)/b13-8+. The SMILES string of the molecule is O=C(NCC(=O)N1CCN(S(=O)(=O)/C=C/c2ccccc2)CC1)c1ccc(F)cc1F. The third-order valence-corrected chi connectivity index (χ3v) is 6.32. The average molecular weight is 449 g/mol. The lowest BCUT2D eigenvalue weighted by Gasteiger charge is -2.33. The first kappa shape index (κ1) is 22.6. The first-order valence-electron chi connectivity index (χ1n) is 9.50. The molecule has 2 aromatic rings. The van der Waals surface area contributed by atoms with E-state index in [9.17, 15) is 26.8 Å². The Morgan fingerprint density at radius 1 is 1.00 bits per heavy atom. The van der Waals surface area contributed by atoms with Gasteiger partial charge in [-0.15, -0.1) is 0 Å². The number of halogens is 2. The Morgan fingerprint density at radius 3 is 2.32 bits per heavy atom. The second kappa shape index (κ2) is 9.80. The zero-order valence-electron chi connectivity index (χ0n) is 16.5. The van der Waals surface area contributed by atoms with Crippen molar-refractivity contribution in [1.82, 2.24) is 14.5 Å². The predicted molar refractivity (Wildman–Crippen MR) is 111 cm³/mol. The Balaban J connectivity index is 1.50. The Labute approximate surface area is 179 Å². The summed E-state index contributed by atoms with van der Waals surface area (Å²) in [7, 11) is -3.63. The highest BCUT2D eigenvalue weighted by Gasteiger charge is 2.27. The van der Waals surface area contributed by atoms with Crippen molar-refractivity contribution in [3.05, 3.63) is 76.7 Å². The smallest absolute Gasteiger partial charge is 0.254 e. The lowest BCUT2D eigenvalue weighted by atomic mass is 10.2. The molecule has 31 heavy (non-hydrogen) atoms. The van der Waals surface area contributed by atoms with Gasteiger partial charge in [-0.1, -0.05) is 30.3 Å². The Kier molecular flexibility index (Phi) is 7.13. The Hall–Kier alpha value is -3.11. The molecule has 2 aromatic carbocycles. The molecule has 164 valence electrons. The van der Waals surface area contributed by atoms with Crippen LogP contribution in [0.25, 0.3) is 6.08 Å². The Morgan fingerprint density at radius 2 is 1.68 bits per heavy atom. The number of carbonyl (C=O) groups is 2. The summed E-state index contributed by atoms with van der Waals surface area (Å²) >= 11 is 0. The quantitative estimate of drug-likeness (QED) is 0.729. The van der Waals surface area contributed by atoms with Gasteiger partial charge < -0.3 is 10.2 Å². The second-order valence-corrected chi connectivity index (χ2v) is 8.66. The van der Waals surface area contributed by atoms with Crippen LogP contribution in [0.2, 0.25) is 0 Å². The summed E-state index contributed by atoms with van der Waals surface area (Å²) in [6, 6.07) is 11.6. The van der Waals surface area contributed by atoms with Crippen LogP contribution in [0, 0.1) is 11.6 Å². The van der Waals surface area contributed by atoms with Crippen LogP contribution >= 0.6 is 0 Å².